The first kappa shape index (κ1) is 12.2. The number of phenols is 1. The summed E-state index contributed by atoms with van der Waals surface area (Å²) in [7, 11) is 0. The third-order valence-electron chi connectivity index (χ3n) is 2.74. The largest absolute Gasteiger partial charge is 0.508 e. The number of fused-ring (bicyclic) bond motifs is 1. The number of halogens is 1. The van der Waals surface area contributed by atoms with E-state index in [-0.39, 0.29) is 5.75 Å². The zero-order chi connectivity index (χ0) is 13.2. The lowest BCUT2D eigenvalue weighted by molar-refractivity contribution is 0.465. The standard InChI is InChI=1S/C15H10INO2/c16-11-2-5-13(6-3-11)19-15-14-9-12(18)4-1-10(14)7-8-17-15/h1-9,18H. The molecule has 1 aromatic heterocycles. The molecule has 0 aliphatic carbocycles. The third kappa shape index (κ3) is 2.63. The summed E-state index contributed by atoms with van der Waals surface area (Å²) in [5.74, 6) is 1.42. The molecule has 3 nitrogen and oxygen atoms in total. The summed E-state index contributed by atoms with van der Waals surface area (Å²) in [5.41, 5.74) is 0. The molecule has 1 N–H and O–H groups in total. The molecule has 0 aliphatic heterocycles. The van der Waals surface area contributed by atoms with Gasteiger partial charge < -0.3 is 9.84 Å². The van der Waals surface area contributed by atoms with Crippen LogP contribution >= 0.6 is 22.6 Å². The summed E-state index contributed by atoms with van der Waals surface area (Å²) < 4.78 is 6.92. The molecule has 0 atom stereocenters. The predicted molar refractivity (Wildman–Crippen MR) is 82.6 cm³/mol. The number of nitrogens with zero attached hydrogens (tertiary/aromatic N) is 1. The number of hydrogen-bond acceptors (Lipinski definition) is 3. The normalized spacial score (nSPS) is 10.6. The molecule has 94 valence electrons. The molecular formula is C15H10INO2. The topological polar surface area (TPSA) is 42.4 Å². The summed E-state index contributed by atoms with van der Waals surface area (Å²) in [4.78, 5) is 4.23. The van der Waals surface area contributed by atoms with Gasteiger partial charge in [-0.25, -0.2) is 4.98 Å². The van der Waals surface area contributed by atoms with Crippen molar-refractivity contribution in [2.45, 2.75) is 0 Å². The van der Waals surface area contributed by atoms with Gasteiger partial charge in [0.15, 0.2) is 0 Å². The predicted octanol–water partition coefficient (Wildman–Crippen LogP) is 4.34. The first-order valence-corrected chi connectivity index (χ1v) is 6.81. The maximum absolute atomic E-state index is 9.57. The lowest BCUT2D eigenvalue weighted by atomic mass is 10.1. The molecule has 0 spiro atoms. The number of aromatic nitrogens is 1. The van der Waals surface area contributed by atoms with Gasteiger partial charge in [-0.05, 0) is 70.4 Å². The zero-order valence-corrected chi connectivity index (χ0v) is 12.0. The summed E-state index contributed by atoms with van der Waals surface area (Å²) in [6.07, 6.45) is 1.70. The second kappa shape index (κ2) is 5.05. The maximum atomic E-state index is 9.57. The third-order valence-corrected chi connectivity index (χ3v) is 3.46. The quantitative estimate of drug-likeness (QED) is 0.689. The molecule has 0 saturated carbocycles. The fraction of sp³-hybridized carbons (Fsp3) is 0. The van der Waals surface area contributed by atoms with Crippen LogP contribution in [0.15, 0.2) is 54.7 Å². The highest BCUT2D eigenvalue weighted by Gasteiger charge is 2.06. The van der Waals surface area contributed by atoms with E-state index >= 15 is 0 Å². The average molecular weight is 363 g/mol. The molecule has 1 heterocycles. The van der Waals surface area contributed by atoms with Crippen LogP contribution in [0.3, 0.4) is 0 Å². The highest BCUT2D eigenvalue weighted by molar-refractivity contribution is 14.1. The Labute approximate surface area is 124 Å². The van der Waals surface area contributed by atoms with Crippen LogP contribution < -0.4 is 4.74 Å². The van der Waals surface area contributed by atoms with E-state index in [0.29, 0.717) is 5.88 Å². The first-order valence-electron chi connectivity index (χ1n) is 5.73. The van der Waals surface area contributed by atoms with Gasteiger partial charge in [-0.15, -0.1) is 0 Å². The van der Waals surface area contributed by atoms with Crippen molar-refractivity contribution >= 4 is 33.4 Å². The Hall–Kier alpha value is -1.82. The van der Waals surface area contributed by atoms with Gasteiger partial charge in [0.05, 0.1) is 0 Å². The van der Waals surface area contributed by atoms with Gasteiger partial charge in [0.2, 0.25) is 5.88 Å². The molecule has 19 heavy (non-hydrogen) atoms. The fourth-order valence-corrected chi connectivity index (χ4v) is 2.18. The summed E-state index contributed by atoms with van der Waals surface area (Å²) in [6.45, 7) is 0. The van der Waals surface area contributed by atoms with E-state index in [2.05, 4.69) is 27.6 Å². The summed E-state index contributed by atoms with van der Waals surface area (Å²) >= 11 is 2.24. The smallest absolute Gasteiger partial charge is 0.227 e. The molecule has 0 unspecified atom stereocenters. The maximum Gasteiger partial charge on any atom is 0.227 e. The molecule has 0 amide bonds. The van der Waals surface area contributed by atoms with Crippen LogP contribution in [0.2, 0.25) is 0 Å². The first-order chi connectivity index (χ1) is 9.22. The SMILES string of the molecule is Oc1ccc2ccnc(Oc3ccc(I)cc3)c2c1. The van der Waals surface area contributed by atoms with E-state index in [9.17, 15) is 5.11 Å². The van der Waals surface area contributed by atoms with E-state index in [4.69, 9.17) is 4.74 Å². The molecule has 2 aromatic carbocycles. The second-order valence-electron chi connectivity index (χ2n) is 4.08. The Balaban J connectivity index is 2.05. The van der Waals surface area contributed by atoms with Crippen LogP contribution in [0.4, 0.5) is 0 Å². The van der Waals surface area contributed by atoms with Gasteiger partial charge in [-0.2, -0.15) is 0 Å². The van der Waals surface area contributed by atoms with Gasteiger partial charge in [0.25, 0.3) is 0 Å². The van der Waals surface area contributed by atoms with Gasteiger partial charge in [0, 0.05) is 15.2 Å². The molecule has 0 bridgehead atoms. The Morgan fingerprint density at radius 1 is 1.00 bits per heavy atom. The molecule has 4 heteroatoms. The van der Waals surface area contributed by atoms with Crippen LogP contribution in [0.1, 0.15) is 0 Å². The Kier molecular flexibility index (Phi) is 3.25. The molecule has 0 radical (unpaired) electrons. The summed E-state index contributed by atoms with van der Waals surface area (Å²) in [5, 5.41) is 11.3. The van der Waals surface area contributed by atoms with Crippen molar-refractivity contribution in [3.8, 4) is 17.4 Å². The number of rotatable bonds is 2. The van der Waals surface area contributed by atoms with Crippen molar-refractivity contribution in [2.24, 2.45) is 0 Å². The van der Waals surface area contributed by atoms with Gasteiger partial charge in [-0.1, -0.05) is 6.07 Å². The van der Waals surface area contributed by atoms with Gasteiger partial charge in [0.1, 0.15) is 11.5 Å². The van der Waals surface area contributed by atoms with Gasteiger partial charge in [-0.3, -0.25) is 0 Å². The lowest BCUT2D eigenvalue weighted by Gasteiger charge is -2.08. The minimum atomic E-state index is 0.202. The van der Waals surface area contributed by atoms with Crippen molar-refractivity contribution in [1.82, 2.24) is 4.98 Å². The monoisotopic (exact) mass is 363 g/mol. The number of ether oxygens (including phenoxy) is 1. The Morgan fingerprint density at radius 3 is 2.58 bits per heavy atom. The number of phenolic OH excluding ortho intramolecular Hbond substituents is 1. The summed E-state index contributed by atoms with van der Waals surface area (Å²) in [6, 6.07) is 14.8. The van der Waals surface area contributed by atoms with Crippen LogP contribution in [0, 0.1) is 3.57 Å². The van der Waals surface area contributed by atoms with Crippen molar-refractivity contribution in [2.75, 3.05) is 0 Å². The molecule has 0 fully saturated rings. The van der Waals surface area contributed by atoms with E-state index in [1.54, 1.807) is 18.3 Å². The van der Waals surface area contributed by atoms with E-state index < -0.39 is 0 Å². The zero-order valence-electron chi connectivity index (χ0n) is 9.88. The minimum Gasteiger partial charge on any atom is -0.508 e. The average Bonchev–Trinajstić information content (AvgIpc) is 2.42. The number of aromatic hydroxyl groups is 1. The highest BCUT2D eigenvalue weighted by atomic mass is 127. The minimum absolute atomic E-state index is 0.202. The van der Waals surface area contributed by atoms with Crippen LogP contribution in [-0.4, -0.2) is 10.1 Å². The van der Waals surface area contributed by atoms with Gasteiger partial charge >= 0.3 is 0 Å². The van der Waals surface area contributed by atoms with Crippen LogP contribution in [0.5, 0.6) is 17.4 Å². The molecule has 0 aliphatic rings. The Bertz CT molecular complexity index is 726. The molecule has 3 rings (SSSR count). The Morgan fingerprint density at radius 2 is 1.79 bits per heavy atom. The highest BCUT2D eigenvalue weighted by Crippen LogP contribution is 2.30. The second-order valence-corrected chi connectivity index (χ2v) is 5.32. The number of benzene rings is 2. The van der Waals surface area contributed by atoms with E-state index in [1.165, 1.54) is 0 Å². The fourth-order valence-electron chi connectivity index (χ4n) is 1.83. The lowest BCUT2D eigenvalue weighted by Crippen LogP contribution is -1.89. The van der Waals surface area contributed by atoms with E-state index in [1.807, 2.05) is 36.4 Å². The van der Waals surface area contributed by atoms with Crippen molar-refractivity contribution in [3.05, 3.63) is 58.3 Å². The number of hydrogen-bond donors (Lipinski definition) is 1. The molecule has 0 saturated heterocycles. The van der Waals surface area contributed by atoms with Crippen LogP contribution in [0.25, 0.3) is 10.8 Å². The number of pyridine rings is 1. The van der Waals surface area contributed by atoms with Crippen molar-refractivity contribution in [3.63, 3.8) is 0 Å². The molecule has 3 aromatic rings. The van der Waals surface area contributed by atoms with Crippen molar-refractivity contribution < 1.29 is 9.84 Å². The van der Waals surface area contributed by atoms with Crippen LogP contribution in [-0.2, 0) is 0 Å². The molecular weight excluding hydrogens is 353 g/mol. The van der Waals surface area contributed by atoms with E-state index in [0.717, 1.165) is 20.1 Å². The van der Waals surface area contributed by atoms with Crippen molar-refractivity contribution in [1.29, 1.82) is 0 Å².